The van der Waals surface area contributed by atoms with Crippen LogP contribution in [0.2, 0.25) is 0 Å². The standard InChI is InChI=1S/C10H19NO3.ClH/c1-6-10(7-12,11(4)5)14-9(13)8(2)3;/h12H,2,6-7H2,1,3-5H3;1H. The first-order chi connectivity index (χ1) is 6.39. The second-order valence-corrected chi connectivity index (χ2v) is 3.52. The van der Waals surface area contributed by atoms with Gasteiger partial charge < -0.3 is 9.84 Å². The molecule has 0 saturated heterocycles. The molecule has 5 heteroatoms. The van der Waals surface area contributed by atoms with Gasteiger partial charge in [0.25, 0.3) is 0 Å². The van der Waals surface area contributed by atoms with Gasteiger partial charge in [-0.25, -0.2) is 4.79 Å². The summed E-state index contributed by atoms with van der Waals surface area (Å²) in [6.45, 7) is 6.69. The van der Waals surface area contributed by atoms with Crippen molar-refractivity contribution < 1.29 is 14.6 Å². The van der Waals surface area contributed by atoms with Gasteiger partial charge in [0.2, 0.25) is 0 Å². The van der Waals surface area contributed by atoms with E-state index in [-0.39, 0.29) is 19.0 Å². The zero-order valence-electron chi connectivity index (χ0n) is 9.74. The Morgan fingerprint density at radius 3 is 2.20 bits per heavy atom. The molecule has 0 bridgehead atoms. The molecule has 0 heterocycles. The highest BCUT2D eigenvalue weighted by atomic mass is 35.5. The lowest BCUT2D eigenvalue weighted by Crippen LogP contribution is -2.50. The van der Waals surface area contributed by atoms with E-state index in [9.17, 15) is 9.90 Å². The maximum Gasteiger partial charge on any atom is 0.334 e. The molecule has 0 aliphatic carbocycles. The van der Waals surface area contributed by atoms with Gasteiger partial charge in [0.1, 0.15) is 0 Å². The summed E-state index contributed by atoms with van der Waals surface area (Å²) in [7, 11) is 3.51. The minimum absolute atomic E-state index is 0. The summed E-state index contributed by atoms with van der Waals surface area (Å²) < 4.78 is 5.20. The molecule has 0 saturated carbocycles. The molecule has 0 amide bonds. The lowest BCUT2D eigenvalue weighted by molar-refractivity contribution is -0.185. The predicted molar refractivity (Wildman–Crippen MR) is 61.9 cm³/mol. The number of likely N-dealkylation sites (N-methyl/N-ethyl adjacent to an activating group) is 1. The largest absolute Gasteiger partial charge is 0.438 e. The molecule has 0 aromatic rings. The van der Waals surface area contributed by atoms with Gasteiger partial charge in [-0.1, -0.05) is 13.5 Å². The lowest BCUT2D eigenvalue weighted by Gasteiger charge is -2.36. The first-order valence-electron chi connectivity index (χ1n) is 4.56. The van der Waals surface area contributed by atoms with Crippen LogP contribution in [0.5, 0.6) is 0 Å². The van der Waals surface area contributed by atoms with Crippen molar-refractivity contribution >= 4 is 18.4 Å². The number of esters is 1. The molecule has 0 fully saturated rings. The maximum atomic E-state index is 11.3. The number of carbonyl (C=O) groups is 1. The van der Waals surface area contributed by atoms with Crippen LogP contribution in [0.3, 0.4) is 0 Å². The summed E-state index contributed by atoms with van der Waals surface area (Å²) in [5.41, 5.74) is -0.603. The van der Waals surface area contributed by atoms with E-state index >= 15 is 0 Å². The summed E-state index contributed by atoms with van der Waals surface area (Å²) in [4.78, 5) is 13.0. The molecule has 0 radical (unpaired) electrons. The Morgan fingerprint density at radius 2 is 2.00 bits per heavy atom. The minimum Gasteiger partial charge on any atom is -0.438 e. The fraction of sp³-hybridized carbons (Fsp3) is 0.700. The average molecular weight is 238 g/mol. The summed E-state index contributed by atoms with van der Waals surface area (Å²) in [6, 6.07) is 0. The minimum atomic E-state index is -0.934. The van der Waals surface area contributed by atoms with Crippen LogP contribution >= 0.6 is 12.4 Å². The highest BCUT2D eigenvalue weighted by molar-refractivity contribution is 5.87. The molecule has 0 aromatic heterocycles. The SMILES string of the molecule is C=C(C)C(=O)OC(CC)(CO)N(C)C.Cl. The summed E-state index contributed by atoms with van der Waals surface area (Å²) >= 11 is 0. The van der Waals surface area contributed by atoms with Gasteiger partial charge in [0.15, 0.2) is 5.72 Å². The van der Waals surface area contributed by atoms with Gasteiger partial charge in [-0.15, -0.1) is 12.4 Å². The molecule has 0 aliphatic rings. The number of hydrogen-bond acceptors (Lipinski definition) is 4. The van der Waals surface area contributed by atoms with Crippen LogP contribution in [0, 0.1) is 0 Å². The van der Waals surface area contributed by atoms with Crippen LogP contribution in [0.1, 0.15) is 20.3 Å². The van der Waals surface area contributed by atoms with Crippen molar-refractivity contribution in [3.8, 4) is 0 Å². The van der Waals surface area contributed by atoms with Crippen molar-refractivity contribution in [3.05, 3.63) is 12.2 Å². The Kier molecular flexibility index (Phi) is 7.66. The van der Waals surface area contributed by atoms with E-state index in [1.807, 2.05) is 6.92 Å². The zero-order chi connectivity index (χ0) is 11.4. The highest BCUT2D eigenvalue weighted by Crippen LogP contribution is 2.19. The monoisotopic (exact) mass is 237 g/mol. The number of nitrogens with zero attached hydrogens (tertiary/aromatic N) is 1. The van der Waals surface area contributed by atoms with Gasteiger partial charge in [0, 0.05) is 12.0 Å². The molecule has 1 N–H and O–H groups in total. The second-order valence-electron chi connectivity index (χ2n) is 3.52. The molecule has 4 nitrogen and oxygen atoms in total. The van der Waals surface area contributed by atoms with Crippen LogP contribution in [-0.4, -0.2) is 42.4 Å². The number of hydrogen-bond donors (Lipinski definition) is 1. The summed E-state index contributed by atoms with van der Waals surface area (Å²) in [5, 5.41) is 9.23. The number of aliphatic hydroxyl groups is 1. The van der Waals surface area contributed by atoms with Gasteiger partial charge in [-0.05, 0) is 21.0 Å². The van der Waals surface area contributed by atoms with E-state index < -0.39 is 11.7 Å². The van der Waals surface area contributed by atoms with E-state index in [0.29, 0.717) is 12.0 Å². The number of aliphatic hydroxyl groups excluding tert-OH is 1. The Balaban J connectivity index is 0. The number of ether oxygens (including phenoxy) is 1. The molecule has 1 atom stereocenters. The fourth-order valence-corrected chi connectivity index (χ4v) is 1.02. The van der Waals surface area contributed by atoms with E-state index in [1.165, 1.54) is 0 Å². The topological polar surface area (TPSA) is 49.8 Å². The first-order valence-corrected chi connectivity index (χ1v) is 4.56. The Labute approximate surface area is 97.3 Å². The van der Waals surface area contributed by atoms with E-state index in [0.717, 1.165) is 0 Å². The van der Waals surface area contributed by atoms with Gasteiger partial charge in [-0.3, -0.25) is 4.90 Å². The maximum absolute atomic E-state index is 11.3. The second kappa shape index (κ2) is 6.82. The van der Waals surface area contributed by atoms with Crippen LogP contribution in [0.4, 0.5) is 0 Å². The van der Waals surface area contributed by atoms with Gasteiger partial charge >= 0.3 is 5.97 Å². The average Bonchev–Trinajstić information content (AvgIpc) is 2.13. The molecule has 0 aromatic carbocycles. The molecular formula is C10H20ClNO3. The van der Waals surface area contributed by atoms with E-state index in [2.05, 4.69) is 6.58 Å². The normalized spacial score (nSPS) is 14.0. The summed E-state index contributed by atoms with van der Waals surface area (Å²) in [6.07, 6.45) is 0.523. The molecule has 90 valence electrons. The zero-order valence-corrected chi connectivity index (χ0v) is 10.6. The quantitative estimate of drug-likeness (QED) is 0.443. The fourth-order valence-electron chi connectivity index (χ4n) is 1.02. The van der Waals surface area contributed by atoms with Gasteiger partial charge in [0.05, 0.1) is 6.61 Å². The van der Waals surface area contributed by atoms with Crippen molar-refractivity contribution in [1.29, 1.82) is 0 Å². The number of carbonyl (C=O) groups excluding carboxylic acids is 1. The molecule has 1 unspecified atom stereocenters. The van der Waals surface area contributed by atoms with Crippen LogP contribution < -0.4 is 0 Å². The Hall–Kier alpha value is -0.580. The van der Waals surface area contributed by atoms with Crippen molar-refractivity contribution in [2.24, 2.45) is 0 Å². The molecule has 0 rings (SSSR count). The highest BCUT2D eigenvalue weighted by Gasteiger charge is 2.34. The third kappa shape index (κ3) is 4.20. The number of rotatable bonds is 5. The smallest absolute Gasteiger partial charge is 0.334 e. The van der Waals surface area contributed by atoms with Crippen LogP contribution in [0.25, 0.3) is 0 Å². The van der Waals surface area contributed by atoms with Crippen molar-refractivity contribution in [2.45, 2.75) is 26.0 Å². The van der Waals surface area contributed by atoms with Crippen LogP contribution in [-0.2, 0) is 9.53 Å². The van der Waals surface area contributed by atoms with E-state index in [1.54, 1.807) is 25.9 Å². The van der Waals surface area contributed by atoms with Crippen molar-refractivity contribution in [3.63, 3.8) is 0 Å². The van der Waals surface area contributed by atoms with Gasteiger partial charge in [-0.2, -0.15) is 0 Å². The lowest BCUT2D eigenvalue weighted by atomic mass is 10.1. The molecule has 15 heavy (non-hydrogen) atoms. The molecule has 0 aliphatic heterocycles. The predicted octanol–water partition coefficient (Wildman–Crippen LogP) is 1.19. The first kappa shape index (κ1) is 16.8. The van der Waals surface area contributed by atoms with Crippen molar-refractivity contribution in [2.75, 3.05) is 20.7 Å². The number of halogens is 1. The molecular weight excluding hydrogens is 218 g/mol. The Bertz CT molecular complexity index is 225. The Morgan fingerprint density at radius 1 is 1.53 bits per heavy atom. The molecule has 0 spiro atoms. The van der Waals surface area contributed by atoms with Crippen LogP contribution in [0.15, 0.2) is 12.2 Å². The third-order valence-corrected chi connectivity index (χ3v) is 2.25. The van der Waals surface area contributed by atoms with Crippen molar-refractivity contribution in [1.82, 2.24) is 4.90 Å². The summed E-state index contributed by atoms with van der Waals surface area (Å²) in [5.74, 6) is -0.477. The third-order valence-electron chi connectivity index (χ3n) is 2.25. The van der Waals surface area contributed by atoms with E-state index in [4.69, 9.17) is 4.74 Å².